The number of aryl methyl sites for hydroxylation is 1. The van der Waals surface area contributed by atoms with Crippen LogP contribution in [0.3, 0.4) is 0 Å². The van der Waals surface area contributed by atoms with Crippen LogP contribution in [0.4, 0.5) is 0 Å². The van der Waals surface area contributed by atoms with E-state index in [0.29, 0.717) is 30.6 Å². The van der Waals surface area contributed by atoms with Crippen LogP contribution < -0.4 is 5.32 Å². The van der Waals surface area contributed by atoms with Gasteiger partial charge in [-0.1, -0.05) is 54.9 Å². The zero-order valence-electron chi connectivity index (χ0n) is 16.5. The number of nitrogens with zero attached hydrogens (tertiary/aromatic N) is 2. The topological polar surface area (TPSA) is 88.2 Å². The van der Waals surface area contributed by atoms with Gasteiger partial charge in [-0.2, -0.15) is 4.98 Å². The first-order valence-corrected chi connectivity index (χ1v) is 10.1. The fraction of sp³-hybridized carbons (Fsp3) is 0.348. The van der Waals surface area contributed by atoms with Gasteiger partial charge in [0, 0.05) is 23.7 Å². The number of rotatable bonds is 8. The molecule has 1 heterocycles. The molecule has 0 amide bonds. The molecule has 1 saturated carbocycles. The summed E-state index contributed by atoms with van der Waals surface area (Å²) in [5.41, 5.74) is 4.27. The van der Waals surface area contributed by atoms with Gasteiger partial charge in [-0.25, -0.2) is 0 Å². The van der Waals surface area contributed by atoms with Gasteiger partial charge in [0.1, 0.15) is 0 Å². The molecule has 6 heteroatoms. The van der Waals surface area contributed by atoms with Gasteiger partial charge in [-0.3, -0.25) is 4.79 Å². The lowest BCUT2D eigenvalue weighted by Crippen LogP contribution is -2.43. The third kappa shape index (κ3) is 4.54. The Morgan fingerprint density at radius 1 is 1.07 bits per heavy atom. The van der Waals surface area contributed by atoms with Crippen molar-refractivity contribution in [3.05, 3.63) is 59.7 Å². The quantitative estimate of drug-likeness (QED) is 0.595. The average Bonchev–Trinajstić information content (AvgIpc) is 3.18. The molecule has 150 valence electrons. The molecule has 2 N–H and O–H groups in total. The Morgan fingerprint density at radius 3 is 2.38 bits per heavy atom. The second-order valence-electron chi connectivity index (χ2n) is 7.65. The summed E-state index contributed by atoms with van der Waals surface area (Å²) < 4.78 is 5.44. The number of nitrogens with one attached hydrogen (secondary N) is 1. The molecule has 0 aliphatic heterocycles. The summed E-state index contributed by atoms with van der Waals surface area (Å²) in [5.74, 6) is 0.209. The molecule has 0 spiro atoms. The molecule has 0 saturated heterocycles. The van der Waals surface area contributed by atoms with Gasteiger partial charge in [-0.15, -0.1) is 0 Å². The third-order valence-corrected chi connectivity index (χ3v) is 5.46. The van der Waals surface area contributed by atoms with E-state index in [9.17, 15) is 4.79 Å². The molecule has 4 rings (SSSR count). The molecular formula is C23H25N3O3. The van der Waals surface area contributed by atoms with E-state index in [1.807, 2.05) is 36.4 Å². The predicted octanol–water partition coefficient (Wildman–Crippen LogP) is 4.31. The lowest BCUT2D eigenvalue weighted by atomic mass is 9.80. The Morgan fingerprint density at radius 2 is 1.72 bits per heavy atom. The van der Waals surface area contributed by atoms with Crippen LogP contribution in [0, 0.1) is 5.92 Å². The van der Waals surface area contributed by atoms with Gasteiger partial charge in [0.2, 0.25) is 5.82 Å². The van der Waals surface area contributed by atoms with E-state index in [4.69, 9.17) is 9.63 Å². The van der Waals surface area contributed by atoms with Gasteiger partial charge >= 0.3 is 5.97 Å². The van der Waals surface area contributed by atoms with Crippen molar-refractivity contribution in [1.29, 1.82) is 0 Å². The van der Waals surface area contributed by atoms with Crippen LogP contribution in [0.5, 0.6) is 0 Å². The minimum atomic E-state index is -0.691. The van der Waals surface area contributed by atoms with E-state index in [-0.39, 0.29) is 5.92 Å². The molecule has 0 atom stereocenters. The SMILES string of the molecule is CCCc1ccc(-c2nc(-c3ccc(CN[C@H]4C[C@@H](C(=O)O)C4)cc3)no2)cc1. The number of carboxylic acid groups (broad SMARTS) is 1. The van der Waals surface area contributed by atoms with E-state index >= 15 is 0 Å². The van der Waals surface area contributed by atoms with Crippen LogP contribution in [-0.4, -0.2) is 27.3 Å². The Hall–Kier alpha value is -2.99. The number of carbonyl (C=O) groups is 1. The Labute approximate surface area is 170 Å². The van der Waals surface area contributed by atoms with Crippen molar-refractivity contribution in [1.82, 2.24) is 15.5 Å². The maximum absolute atomic E-state index is 10.9. The molecular weight excluding hydrogens is 366 g/mol. The maximum atomic E-state index is 10.9. The minimum absolute atomic E-state index is 0.190. The van der Waals surface area contributed by atoms with Gasteiger partial charge in [-0.05, 0) is 42.5 Å². The monoisotopic (exact) mass is 391 g/mol. The van der Waals surface area contributed by atoms with E-state index < -0.39 is 5.97 Å². The highest BCUT2D eigenvalue weighted by Gasteiger charge is 2.33. The molecule has 0 unspecified atom stereocenters. The Balaban J connectivity index is 1.35. The maximum Gasteiger partial charge on any atom is 0.306 e. The molecule has 1 aromatic heterocycles. The summed E-state index contributed by atoms with van der Waals surface area (Å²) in [5, 5.41) is 16.5. The van der Waals surface area contributed by atoms with Gasteiger partial charge in [0.05, 0.1) is 5.92 Å². The highest BCUT2D eigenvalue weighted by molar-refractivity contribution is 5.71. The van der Waals surface area contributed by atoms with Crippen LogP contribution in [0.1, 0.15) is 37.3 Å². The number of benzene rings is 2. The minimum Gasteiger partial charge on any atom is -0.481 e. The van der Waals surface area contributed by atoms with Crippen molar-refractivity contribution in [2.24, 2.45) is 5.92 Å². The fourth-order valence-electron chi connectivity index (χ4n) is 3.58. The molecule has 1 fully saturated rings. The van der Waals surface area contributed by atoms with E-state index in [0.717, 1.165) is 36.1 Å². The van der Waals surface area contributed by atoms with Crippen LogP contribution >= 0.6 is 0 Å². The lowest BCUT2D eigenvalue weighted by Gasteiger charge is -2.33. The van der Waals surface area contributed by atoms with E-state index in [2.05, 4.69) is 34.5 Å². The van der Waals surface area contributed by atoms with Crippen LogP contribution in [0.15, 0.2) is 53.1 Å². The summed E-state index contributed by atoms with van der Waals surface area (Å²) in [7, 11) is 0. The molecule has 1 aliphatic carbocycles. The molecule has 0 bridgehead atoms. The summed E-state index contributed by atoms with van der Waals surface area (Å²) in [6.45, 7) is 2.89. The number of carboxylic acids is 1. The molecule has 0 radical (unpaired) electrons. The van der Waals surface area contributed by atoms with Gasteiger partial charge in [0.15, 0.2) is 0 Å². The first-order valence-electron chi connectivity index (χ1n) is 10.1. The van der Waals surface area contributed by atoms with E-state index in [1.165, 1.54) is 5.56 Å². The van der Waals surface area contributed by atoms with Crippen molar-refractivity contribution in [2.45, 2.75) is 45.2 Å². The second kappa shape index (κ2) is 8.57. The largest absolute Gasteiger partial charge is 0.481 e. The summed E-state index contributed by atoms with van der Waals surface area (Å²) in [6.07, 6.45) is 3.60. The normalized spacial score (nSPS) is 18.4. The van der Waals surface area contributed by atoms with Gasteiger partial charge < -0.3 is 14.9 Å². The number of hydrogen-bond acceptors (Lipinski definition) is 5. The fourth-order valence-corrected chi connectivity index (χ4v) is 3.58. The van der Waals surface area contributed by atoms with Crippen molar-refractivity contribution in [2.75, 3.05) is 0 Å². The molecule has 6 nitrogen and oxygen atoms in total. The average molecular weight is 391 g/mol. The standard InChI is InChI=1S/C23H25N3O3/c1-2-3-15-4-10-18(11-5-15)22-25-21(26-29-22)17-8-6-16(7-9-17)14-24-20-12-19(13-20)23(27)28/h4-11,19-20,24H,2-3,12-14H2,1H3,(H,27,28)/t19-,20+. The third-order valence-electron chi connectivity index (χ3n) is 5.46. The predicted molar refractivity (Wildman–Crippen MR) is 110 cm³/mol. The highest BCUT2D eigenvalue weighted by atomic mass is 16.5. The smallest absolute Gasteiger partial charge is 0.306 e. The Kier molecular flexibility index (Phi) is 5.71. The van der Waals surface area contributed by atoms with Crippen molar-refractivity contribution in [3.8, 4) is 22.8 Å². The van der Waals surface area contributed by atoms with Crippen LogP contribution in [0.25, 0.3) is 22.8 Å². The molecule has 29 heavy (non-hydrogen) atoms. The van der Waals surface area contributed by atoms with Crippen LogP contribution in [0.2, 0.25) is 0 Å². The number of aromatic nitrogens is 2. The van der Waals surface area contributed by atoms with Crippen LogP contribution in [-0.2, 0) is 17.8 Å². The number of aliphatic carboxylic acids is 1. The zero-order valence-corrected chi connectivity index (χ0v) is 16.5. The first kappa shape index (κ1) is 19.3. The van der Waals surface area contributed by atoms with Crippen molar-refractivity contribution < 1.29 is 14.4 Å². The lowest BCUT2D eigenvalue weighted by molar-refractivity contribution is -0.145. The summed E-state index contributed by atoms with van der Waals surface area (Å²) in [6, 6.07) is 16.6. The Bertz CT molecular complexity index is 958. The van der Waals surface area contributed by atoms with E-state index in [1.54, 1.807) is 0 Å². The highest BCUT2D eigenvalue weighted by Crippen LogP contribution is 2.28. The number of hydrogen-bond donors (Lipinski definition) is 2. The van der Waals surface area contributed by atoms with Gasteiger partial charge in [0.25, 0.3) is 5.89 Å². The zero-order chi connectivity index (χ0) is 20.2. The molecule has 3 aromatic rings. The van der Waals surface area contributed by atoms with Crippen molar-refractivity contribution in [3.63, 3.8) is 0 Å². The summed E-state index contributed by atoms with van der Waals surface area (Å²) >= 11 is 0. The first-order chi connectivity index (χ1) is 14.1. The van der Waals surface area contributed by atoms with Crippen molar-refractivity contribution >= 4 is 5.97 Å². The molecule has 2 aromatic carbocycles. The summed E-state index contributed by atoms with van der Waals surface area (Å²) in [4.78, 5) is 15.4. The second-order valence-corrected chi connectivity index (χ2v) is 7.65. The molecule has 1 aliphatic rings.